The van der Waals surface area contributed by atoms with Gasteiger partial charge in [0.05, 0.1) is 38.0 Å². The Balaban J connectivity index is 1.37. The Hall–Kier alpha value is -3.71. The minimum atomic E-state index is -5.09. The van der Waals surface area contributed by atoms with Crippen molar-refractivity contribution in [2.24, 2.45) is 0 Å². The lowest BCUT2D eigenvalue weighted by atomic mass is 9.97. The first-order valence-corrected chi connectivity index (χ1v) is 12.6. The summed E-state index contributed by atoms with van der Waals surface area (Å²) in [5.41, 5.74) is 1.97. The van der Waals surface area contributed by atoms with Crippen molar-refractivity contribution < 1.29 is 37.0 Å². The van der Waals surface area contributed by atoms with Crippen molar-refractivity contribution in [3.05, 3.63) is 53.1 Å². The Kier molecular flexibility index (Phi) is 9.02. The molecule has 1 atom stereocenters. The molecule has 0 spiro atoms. The van der Waals surface area contributed by atoms with Crippen LogP contribution in [0.5, 0.6) is 0 Å². The summed E-state index contributed by atoms with van der Waals surface area (Å²) >= 11 is 0. The lowest BCUT2D eigenvalue weighted by Gasteiger charge is -2.37. The second kappa shape index (κ2) is 12.4. The van der Waals surface area contributed by atoms with Crippen LogP contribution in [-0.4, -0.2) is 93.3 Å². The van der Waals surface area contributed by atoms with Crippen molar-refractivity contribution >= 4 is 29.2 Å². The number of benzene rings is 1. The fraction of sp³-hybridized carbons (Fsp3) is 0.462. The van der Waals surface area contributed by atoms with Gasteiger partial charge >= 0.3 is 12.1 Å². The van der Waals surface area contributed by atoms with Gasteiger partial charge in [-0.1, -0.05) is 24.3 Å². The van der Waals surface area contributed by atoms with Gasteiger partial charge in [0.1, 0.15) is 5.84 Å². The third kappa shape index (κ3) is 7.03. The van der Waals surface area contributed by atoms with Gasteiger partial charge in [-0.05, 0) is 30.5 Å². The largest absolute Gasteiger partial charge is 0.471 e. The molecule has 3 amide bonds. The fourth-order valence-electron chi connectivity index (χ4n) is 4.60. The van der Waals surface area contributed by atoms with Crippen molar-refractivity contribution in [1.82, 2.24) is 15.5 Å². The molecule has 2 fully saturated rings. The van der Waals surface area contributed by atoms with Crippen LogP contribution in [-0.2, 0) is 19.1 Å². The van der Waals surface area contributed by atoms with Gasteiger partial charge in [-0.2, -0.15) is 13.2 Å². The van der Waals surface area contributed by atoms with Crippen LogP contribution in [0.2, 0.25) is 0 Å². The molecule has 2 heterocycles. The maximum Gasteiger partial charge on any atom is 0.471 e. The summed E-state index contributed by atoms with van der Waals surface area (Å²) in [4.78, 5) is 41.3. The van der Waals surface area contributed by atoms with E-state index in [-0.39, 0.29) is 43.4 Å². The molecule has 4 rings (SSSR count). The zero-order valence-corrected chi connectivity index (χ0v) is 21.2. The van der Waals surface area contributed by atoms with Crippen molar-refractivity contribution in [3.63, 3.8) is 0 Å². The molecule has 39 heavy (non-hydrogen) atoms. The van der Waals surface area contributed by atoms with E-state index in [0.717, 1.165) is 5.69 Å². The van der Waals surface area contributed by atoms with Gasteiger partial charge in [0.25, 0.3) is 5.91 Å². The van der Waals surface area contributed by atoms with Crippen LogP contribution in [0.4, 0.5) is 18.9 Å². The average Bonchev–Trinajstić information content (AvgIpc) is 2.95. The molecule has 2 aliphatic heterocycles. The molecule has 3 N–H and O–H groups in total. The Labute approximate surface area is 223 Å². The van der Waals surface area contributed by atoms with E-state index in [1.807, 2.05) is 18.2 Å². The van der Waals surface area contributed by atoms with E-state index in [1.165, 1.54) is 17.5 Å². The number of hydrogen-bond acceptors (Lipinski definition) is 7. The fourth-order valence-corrected chi connectivity index (χ4v) is 4.60. The Morgan fingerprint density at radius 2 is 1.64 bits per heavy atom. The lowest BCUT2D eigenvalue weighted by Crippen LogP contribution is -2.54. The number of carbonyl (C=O) groups is 3. The number of rotatable bonds is 6. The number of amidine groups is 1. The molecule has 10 nitrogen and oxygen atoms in total. The number of morpholine rings is 2. The zero-order chi connectivity index (χ0) is 28.0. The lowest BCUT2D eigenvalue weighted by molar-refractivity contribution is -0.171. The molecular formula is C26H30F3N5O5. The topological polar surface area (TPSA) is 124 Å². The number of nitrogens with zero attached hydrogens (tertiary/aromatic N) is 2. The number of allylic oxidation sites excluding steroid dienone is 2. The second-order valence-corrected chi connectivity index (χ2v) is 9.26. The van der Waals surface area contributed by atoms with Crippen LogP contribution < -0.4 is 15.5 Å². The van der Waals surface area contributed by atoms with Crippen LogP contribution in [0.15, 0.2) is 47.6 Å². The zero-order valence-electron chi connectivity index (χ0n) is 21.2. The summed E-state index contributed by atoms with van der Waals surface area (Å²) in [6.45, 7) is 3.71. The van der Waals surface area contributed by atoms with Gasteiger partial charge in [0.2, 0.25) is 5.91 Å². The number of alkyl halides is 3. The molecule has 0 bridgehead atoms. The number of ether oxygens (including phenoxy) is 2. The highest BCUT2D eigenvalue weighted by atomic mass is 19.4. The number of hydrogen-bond donors (Lipinski definition) is 3. The van der Waals surface area contributed by atoms with Gasteiger partial charge < -0.3 is 29.9 Å². The van der Waals surface area contributed by atoms with E-state index in [0.29, 0.717) is 50.6 Å². The maximum atomic E-state index is 13.6. The normalized spacial score (nSPS) is 20.0. The van der Waals surface area contributed by atoms with Crippen molar-refractivity contribution in [1.29, 1.82) is 5.41 Å². The molecule has 13 heteroatoms. The Morgan fingerprint density at radius 3 is 2.33 bits per heavy atom. The van der Waals surface area contributed by atoms with Gasteiger partial charge in [-0.25, -0.2) is 0 Å². The number of halogens is 3. The molecule has 1 aliphatic carbocycles. The van der Waals surface area contributed by atoms with Crippen molar-refractivity contribution in [2.75, 3.05) is 57.5 Å². The molecule has 2 saturated heterocycles. The highest BCUT2D eigenvalue weighted by molar-refractivity contribution is 6.08. The van der Waals surface area contributed by atoms with E-state index in [2.05, 4.69) is 10.2 Å². The van der Waals surface area contributed by atoms with Gasteiger partial charge in [0, 0.05) is 37.4 Å². The SMILES string of the molecule is N=C(NC(=O)C(F)(F)F)C1=CC=C(C(=O)NC[C@@H]2COCCN2C(=O)c2ccccc2N2CCOCC2)CC1. The predicted octanol–water partition coefficient (Wildman–Crippen LogP) is 1.78. The molecular weight excluding hydrogens is 519 g/mol. The number of para-hydroxylation sites is 1. The third-order valence-corrected chi connectivity index (χ3v) is 6.73. The molecule has 1 aromatic rings. The standard InChI is InChI=1S/C26H30F3N5O5/c27-26(28,29)25(37)32-22(30)17-5-7-18(8-6-17)23(35)31-15-19-16-39-14-11-34(19)24(36)20-3-1-2-4-21(20)33-9-12-38-13-10-33/h1-5,7,19H,6,8-16H2,(H,31,35)(H2,30,32,37)/t19-/m1/s1. The number of nitrogens with one attached hydrogen (secondary N) is 3. The Bertz CT molecular complexity index is 1180. The van der Waals surface area contributed by atoms with Crippen LogP contribution in [0.1, 0.15) is 23.2 Å². The summed E-state index contributed by atoms with van der Waals surface area (Å²) in [6.07, 6.45) is -2.03. The molecule has 3 aliphatic rings. The predicted molar refractivity (Wildman–Crippen MR) is 135 cm³/mol. The number of anilines is 1. The van der Waals surface area contributed by atoms with Crippen molar-refractivity contribution in [3.8, 4) is 0 Å². The smallest absolute Gasteiger partial charge is 0.378 e. The summed E-state index contributed by atoms with van der Waals surface area (Å²) in [5.74, 6) is -3.41. The number of amides is 3. The van der Waals surface area contributed by atoms with E-state index in [9.17, 15) is 27.6 Å². The molecule has 1 aromatic carbocycles. The van der Waals surface area contributed by atoms with E-state index < -0.39 is 24.0 Å². The Morgan fingerprint density at radius 1 is 0.974 bits per heavy atom. The molecule has 0 saturated carbocycles. The molecule has 0 radical (unpaired) electrons. The summed E-state index contributed by atoms with van der Waals surface area (Å²) < 4.78 is 48.3. The highest BCUT2D eigenvalue weighted by Crippen LogP contribution is 2.25. The number of carbonyl (C=O) groups excluding carboxylic acids is 3. The third-order valence-electron chi connectivity index (χ3n) is 6.73. The van der Waals surface area contributed by atoms with Gasteiger partial charge in [0.15, 0.2) is 0 Å². The minimum absolute atomic E-state index is 0.117. The highest BCUT2D eigenvalue weighted by Gasteiger charge is 2.39. The summed E-state index contributed by atoms with van der Waals surface area (Å²) in [5, 5.41) is 12.0. The van der Waals surface area contributed by atoms with Crippen LogP contribution in [0, 0.1) is 5.41 Å². The monoisotopic (exact) mass is 549 g/mol. The van der Waals surface area contributed by atoms with Crippen LogP contribution in [0.3, 0.4) is 0 Å². The van der Waals surface area contributed by atoms with Gasteiger partial charge in [-0.15, -0.1) is 0 Å². The first kappa shape index (κ1) is 28.3. The van der Waals surface area contributed by atoms with E-state index >= 15 is 0 Å². The molecule has 0 unspecified atom stereocenters. The second-order valence-electron chi connectivity index (χ2n) is 9.26. The van der Waals surface area contributed by atoms with Gasteiger partial charge in [-0.3, -0.25) is 19.8 Å². The van der Waals surface area contributed by atoms with Crippen molar-refractivity contribution in [2.45, 2.75) is 25.1 Å². The van der Waals surface area contributed by atoms with Crippen LogP contribution >= 0.6 is 0 Å². The molecule has 0 aromatic heterocycles. The first-order chi connectivity index (χ1) is 18.6. The summed E-state index contributed by atoms with van der Waals surface area (Å²) in [6, 6.07) is 7.03. The minimum Gasteiger partial charge on any atom is -0.378 e. The average molecular weight is 550 g/mol. The van der Waals surface area contributed by atoms with E-state index in [4.69, 9.17) is 14.9 Å². The first-order valence-electron chi connectivity index (χ1n) is 12.6. The van der Waals surface area contributed by atoms with E-state index in [1.54, 1.807) is 11.0 Å². The van der Waals surface area contributed by atoms with Crippen LogP contribution in [0.25, 0.3) is 0 Å². The summed E-state index contributed by atoms with van der Waals surface area (Å²) in [7, 11) is 0. The quantitative estimate of drug-likeness (QED) is 0.367. The maximum absolute atomic E-state index is 13.6. The molecule has 210 valence electrons.